The molecule has 0 saturated heterocycles. The lowest BCUT2D eigenvalue weighted by Gasteiger charge is -2.21. The maximum atomic E-state index is 12.7. The van der Waals surface area contributed by atoms with Crippen LogP contribution in [0.1, 0.15) is 18.9 Å². The fraction of sp³-hybridized carbons (Fsp3) is 0.421. The molecule has 1 aromatic rings. The third kappa shape index (κ3) is 8.97. The third-order valence-electron chi connectivity index (χ3n) is 4.29. The van der Waals surface area contributed by atoms with Crippen LogP contribution < -0.4 is 27.4 Å². The molecule has 0 spiro atoms. The number of aliphatic hydroxyl groups excluding tert-OH is 1. The molecule has 13 heteroatoms. The number of carbonyl (C=O) groups is 5. The highest BCUT2D eigenvalue weighted by Crippen LogP contribution is 2.11. The lowest BCUT2D eigenvalue weighted by atomic mass is 10.0. The van der Waals surface area contributed by atoms with E-state index in [0.717, 1.165) is 0 Å². The summed E-state index contributed by atoms with van der Waals surface area (Å²) in [5.41, 5.74) is 11.0. The van der Waals surface area contributed by atoms with E-state index < -0.39 is 66.8 Å². The molecule has 10 N–H and O–H groups in total. The molecule has 176 valence electrons. The first-order chi connectivity index (χ1) is 14.9. The molecule has 0 aliphatic rings. The zero-order chi connectivity index (χ0) is 24.4. The van der Waals surface area contributed by atoms with Crippen molar-refractivity contribution in [3.05, 3.63) is 29.8 Å². The molecule has 0 aliphatic heterocycles. The Morgan fingerprint density at radius 2 is 1.59 bits per heavy atom. The third-order valence-corrected chi connectivity index (χ3v) is 4.29. The minimum absolute atomic E-state index is 0.0247. The summed E-state index contributed by atoms with van der Waals surface area (Å²) < 4.78 is 0. The zero-order valence-corrected chi connectivity index (χ0v) is 17.3. The minimum atomic E-state index is -1.61. The minimum Gasteiger partial charge on any atom is -0.508 e. The van der Waals surface area contributed by atoms with Crippen LogP contribution >= 0.6 is 0 Å². The highest BCUT2D eigenvalue weighted by atomic mass is 16.4. The van der Waals surface area contributed by atoms with Crippen LogP contribution in [0.5, 0.6) is 5.75 Å². The van der Waals surface area contributed by atoms with E-state index in [-0.39, 0.29) is 12.2 Å². The van der Waals surface area contributed by atoms with E-state index in [4.69, 9.17) is 11.5 Å². The molecule has 1 rings (SSSR count). The number of aliphatic carboxylic acids is 1. The first-order valence-electron chi connectivity index (χ1n) is 9.50. The number of primary amides is 1. The number of aromatic hydroxyl groups is 1. The first-order valence-corrected chi connectivity index (χ1v) is 9.50. The number of aliphatic hydroxyl groups is 1. The van der Waals surface area contributed by atoms with Gasteiger partial charge in [0.2, 0.25) is 23.6 Å². The van der Waals surface area contributed by atoms with Crippen molar-refractivity contribution < 1.29 is 39.3 Å². The molecule has 0 radical (unpaired) electrons. The van der Waals surface area contributed by atoms with Gasteiger partial charge in [-0.25, -0.2) is 4.79 Å². The summed E-state index contributed by atoms with van der Waals surface area (Å²) in [7, 11) is 0. The monoisotopic (exact) mass is 453 g/mol. The van der Waals surface area contributed by atoms with E-state index in [1.165, 1.54) is 31.2 Å². The maximum Gasteiger partial charge on any atom is 0.326 e. The number of carboxylic acids is 1. The highest BCUT2D eigenvalue weighted by molar-refractivity contribution is 5.93. The number of rotatable bonds is 12. The highest BCUT2D eigenvalue weighted by Gasteiger charge is 2.28. The molecule has 13 nitrogen and oxygen atoms in total. The van der Waals surface area contributed by atoms with Gasteiger partial charge in [-0.1, -0.05) is 12.1 Å². The summed E-state index contributed by atoms with van der Waals surface area (Å²) >= 11 is 0. The molecular weight excluding hydrogens is 426 g/mol. The van der Waals surface area contributed by atoms with Crippen LogP contribution in [0, 0.1) is 0 Å². The Labute approximate surface area is 183 Å². The Kier molecular flexibility index (Phi) is 10.1. The average molecular weight is 453 g/mol. The first kappa shape index (κ1) is 26.3. The average Bonchev–Trinajstić information content (AvgIpc) is 2.71. The number of hydrogen-bond donors (Lipinski definition) is 8. The van der Waals surface area contributed by atoms with E-state index in [0.29, 0.717) is 5.56 Å². The molecule has 0 saturated carbocycles. The van der Waals surface area contributed by atoms with Crippen molar-refractivity contribution in [3.8, 4) is 5.75 Å². The second-order valence-corrected chi connectivity index (χ2v) is 7.04. The summed E-state index contributed by atoms with van der Waals surface area (Å²) in [5.74, 6) is -4.96. The van der Waals surface area contributed by atoms with E-state index in [1.807, 2.05) is 0 Å². The number of nitrogens with two attached hydrogens (primary N) is 2. The largest absolute Gasteiger partial charge is 0.508 e. The van der Waals surface area contributed by atoms with Gasteiger partial charge in [0, 0.05) is 6.42 Å². The van der Waals surface area contributed by atoms with Crippen molar-refractivity contribution in [1.29, 1.82) is 0 Å². The van der Waals surface area contributed by atoms with Gasteiger partial charge in [0.15, 0.2) is 0 Å². The van der Waals surface area contributed by atoms with Crippen molar-refractivity contribution in [2.24, 2.45) is 11.5 Å². The summed E-state index contributed by atoms with van der Waals surface area (Å²) in [6.07, 6.45) is -1.90. The van der Waals surface area contributed by atoms with E-state index in [2.05, 4.69) is 16.0 Å². The van der Waals surface area contributed by atoms with Gasteiger partial charge in [-0.15, -0.1) is 0 Å². The second-order valence-electron chi connectivity index (χ2n) is 7.04. The Balaban J connectivity index is 2.91. The fourth-order valence-electron chi connectivity index (χ4n) is 2.50. The molecule has 1 aromatic carbocycles. The van der Waals surface area contributed by atoms with Gasteiger partial charge < -0.3 is 42.7 Å². The Bertz CT molecular complexity index is 843. The van der Waals surface area contributed by atoms with Crippen molar-refractivity contribution in [2.75, 3.05) is 6.54 Å². The summed E-state index contributed by atoms with van der Waals surface area (Å²) in [6.45, 7) is 0.732. The molecule has 0 aliphatic carbocycles. The van der Waals surface area contributed by atoms with Gasteiger partial charge in [0.25, 0.3) is 0 Å². The number of nitrogens with one attached hydrogen (secondary N) is 3. The number of hydrogen-bond acceptors (Lipinski definition) is 8. The summed E-state index contributed by atoms with van der Waals surface area (Å²) in [4.78, 5) is 59.0. The van der Waals surface area contributed by atoms with Gasteiger partial charge in [-0.05, 0) is 24.6 Å². The van der Waals surface area contributed by atoms with Crippen molar-refractivity contribution in [2.45, 2.75) is 44.0 Å². The molecule has 0 aromatic heterocycles. The topological polar surface area (TPSA) is 234 Å². The molecular formula is C19H27N5O8. The molecule has 0 fully saturated rings. The lowest BCUT2D eigenvalue weighted by Crippen LogP contribution is -2.55. The number of carbonyl (C=O) groups excluding carboxylic acids is 4. The number of carboxylic acid groups (broad SMARTS) is 1. The predicted molar refractivity (Wildman–Crippen MR) is 110 cm³/mol. The van der Waals surface area contributed by atoms with Gasteiger partial charge in [-0.3, -0.25) is 19.2 Å². The Morgan fingerprint density at radius 1 is 1.00 bits per heavy atom. The van der Waals surface area contributed by atoms with Crippen LogP contribution in [0.4, 0.5) is 0 Å². The Hall–Kier alpha value is -3.71. The van der Waals surface area contributed by atoms with Crippen LogP contribution in [-0.2, 0) is 30.4 Å². The SMILES string of the molecule is CC(O)C(N)C(=O)NCC(=O)NC(Cc1ccc(O)cc1)C(=O)NC(CC(N)=O)C(=O)O. The summed E-state index contributed by atoms with van der Waals surface area (Å²) in [6, 6.07) is 1.54. The van der Waals surface area contributed by atoms with Gasteiger partial charge in [-0.2, -0.15) is 0 Å². The lowest BCUT2D eigenvalue weighted by molar-refractivity contribution is -0.143. The molecule has 4 unspecified atom stereocenters. The van der Waals surface area contributed by atoms with Crippen LogP contribution in [0.15, 0.2) is 24.3 Å². The number of amides is 4. The van der Waals surface area contributed by atoms with Crippen molar-refractivity contribution in [3.63, 3.8) is 0 Å². The molecule has 4 amide bonds. The maximum absolute atomic E-state index is 12.7. The molecule has 0 bridgehead atoms. The quantitative estimate of drug-likeness (QED) is 0.158. The van der Waals surface area contributed by atoms with Gasteiger partial charge in [0.05, 0.1) is 19.1 Å². The van der Waals surface area contributed by atoms with Crippen molar-refractivity contribution >= 4 is 29.6 Å². The van der Waals surface area contributed by atoms with E-state index in [1.54, 1.807) is 0 Å². The molecule has 32 heavy (non-hydrogen) atoms. The van der Waals surface area contributed by atoms with Crippen molar-refractivity contribution in [1.82, 2.24) is 16.0 Å². The Morgan fingerprint density at radius 3 is 2.09 bits per heavy atom. The van der Waals surface area contributed by atoms with Crippen LogP contribution in [0.25, 0.3) is 0 Å². The predicted octanol–water partition coefficient (Wildman–Crippen LogP) is -3.31. The summed E-state index contributed by atoms with van der Waals surface area (Å²) in [5, 5.41) is 34.6. The van der Waals surface area contributed by atoms with Crippen LogP contribution in [-0.4, -0.2) is 75.7 Å². The second kappa shape index (κ2) is 12.2. The fourth-order valence-corrected chi connectivity index (χ4v) is 2.50. The van der Waals surface area contributed by atoms with E-state index >= 15 is 0 Å². The smallest absolute Gasteiger partial charge is 0.326 e. The molecule has 4 atom stereocenters. The zero-order valence-electron chi connectivity index (χ0n) is 17.3. The van der Waals surface area contributed by atoms with E-state index in [9.17, 15) is 39.3 Å². The normalized spacial score (nSPS) is 14.3. The number of phenolic OH excluding ortho intramolecular Hbond substituents is 1. The van der Waals surface area contributed by atoms with Crippen LogP contribution in [0.2, 0.25) is 0 Å². The van der Waals surface area contributed by atoms with Gasteiger partial charge >= 0.3 is 5.97 Å². The standard InChI is InChI=1S/C19H27N5O8/c1-9(25)16(21)18(30)22-8-15(28)23-12(6-10-2-4-11(26)5-3-10)17(29)24-13(19(31)32)7-14(20)27/h2-5,9,12-13,16,25-26H,6-8,21H2,1H3,(H2,20,27)(H,22,30)(H,23,28)(H,24,29)(H,31,32). The number of benzene rings is 1. The molecule has 0 heterocycles. The number of phenols is 1. The van der Waals surface area contributed by atoms with Gasteiger partial charge in [0.1, 0.15) is 23.9 Å². The van der Waals surface area contributed by atoms with Crippen LogP contribution in [0.3, 0.4) is 0 Å².